The first-order chi connectivity index (χ1) is 11.1. The summed E-state index contributed by atoms with van der Waals surface area (Å²) < 4.78 is 5.75. The average molecular weight is 334 g/mol. The SMILES string of the molecule is CN1C[C@@H]2COC[C@H](C1)N(C(=O)c1cc3c(Cl)cccc3[nH]1)C2. The molecule has 5 nitrogen and oxygen atoms in total. The lowest BCUT2D eigenvalue weighted by atomic mass is 10.1. The predicted molar refractivity (Wildman–Crippen MR) is 89.9 cm³/mol. The van der Waals surface area contributed by atoms with Gasteiger partial charge in [0.05, 0.1) is 19.3 Å². The van der Waals surface area contributed by atoms with Crippen molar-refractivity contribution < 1.29 is 9.53 Å². The van der Waals surface area contributed by atoms with Crippen LogP contribution in [0.5, 0.6) is 0 Å². The molecule has 1 aromatic carbocycles. The molecule has 2 aliphatic rings. The Bertz CT molecular complexity index is 745. The Morgan fingerprint density at radius 1 is 1.30 bits per heavy atom. The Labute approximate surface area is 140 Å². The maximum atomic E-state index is 13.1. The molecule has 1 N–H and O–H groups in total. The molecule has 3 heterocycles. The second-order valence-corrected chi connectivity index (χ2v) is 7.03. The first-order valence-electron chi connectivity index (χ1n) is 7.96. The molecule has 1 amide bonds. The predicted octanol–water partition coefficient (Wildman–Crippen LogP) is 2.22. The van der Waals surface area contributed by atoms with Crippen molar-refractivity contribution in [2.45, 2.75) is 6.04 Å². The zero-order chi connectivity index (χ0) is 16.0. The smallest absolute Gasteiger partial charge is 0.270 e. The van der Waals surface area contributed by atoms with Gasteiger partial charge in [-0.3, -0.25) is 4.79 Å². The standard InChI is InChI=1S/C17H20ClN3O2/c1-20-6-11-7-21(12(8-20)10-23-9-11)17(22)16-5-13-14(18)3-2-4-15(13)19-16/h2-5,11-12,19H,6-10H2,1H3/t11-,12-/m0/s1. The minimum Gasteiger partial charge on any atom is -0.379 e. The number of nitrogens with zero attached hydrogens (tertiary/aromatic N) is 2. The summed E-state index contributed by atoms with van der Waals surface area (Å²) in [4.78, 5) is 20.5. The zero-order valence-electron chi connectivity index (χ0n) is 13.1. The molecular weight excluding hydrogens is 314 g/mol. The molecule has 2 atom stereocenters. The van der Waals surface area contributed by atoms with Crippen LogP contribution in [-0.4, -0.2) is 66.6 Å². The summed E-state index contributed by atoms with van der Waals surface area (Å²) in [6.45, 7) is 3.90. The first-order valence-corrected chi connectivity index (χ1v) is 8.34. The van der Waals surface area contributed by atoms with Gasteiger partial charge in [-0.25, -0.2) is 0 Å². The van der Waals surface area contributed by atoms with Crippen molar-refractivity contribution in [1.82, 2.24) is 14.8 Å². The first kappa shape index (κ1) is 15.0. The fourth-order valence-corrected chi connectivity index (χ4v) is 3.94. The van der Waals surface area contributed by atoms with Gasteiger partial charge in [0.1, 0.15) is 5.69 Å². The number of hydrogen-bond acceptors (Lipinski definition) is 3. The Morgan fingerprint density at radius 2 is 2.17 bits per heavy atom. The summed E-state index contributed by atoms with van der Waals surface area (Å²) in [7, 11) is 2.11. The fraction of sp³-hybridized carbons (Fsp3) is 0.471. The molecule has 2 aromatic rings. The van der Waals surface area contributed by atoms with Crippen LogP contribution in [0.25, 0.3) is 10.9 Å². The number of aromatic amines is 1. The minimum absolute atomic E-state index is 0.0352. The van der Waals surface area contributed by atoms with Crippen molar-refractivity contribution in [2.75, 3.05) is 39.9 Å². The van der Waals surface area contributed by atoms with Crippen LogP contribution in [0.4, 0.5) is 0 Å². The van der Waals surface area contributed by atoms with Crippen molar-refractivity contribution in [1.29, 1.82) is 0 Å². The molecule has 0 spiro atoms. The summed E-state index contributed by atoms with van der Waals surface area (Å²) in [6, 6.07) is 7.63. The van der Waals surface area contributed by atoms with Crippen molar-refractivity contribution >= 4 is 28.4 Å². The molecule has 2 saturated heterocycles. The highest BCUT2D eigenvalue weighted by atomic mass is 35.5. The Balaban J connectivity index is 1.68. The van der Waals surface area contributed by atoms with Gasteiger partial charge in [-0.2, -0.15) is 0 Å². The maximum absolute atomic E-state index is 13.1. The van der Waals surface area contributed by atoms with Gasteiger partial charge in [-0.05, 0) is 25.2 Å². The van der Waals surface area contributed by atoms with E-state index in [0.717, 1.165) is 37.1 Å². The Kier molecular flexibility index (Phi) is 3.79. The van der Waals surface area contributed by atoms with Crippen LogP contribution in [0.15, 0.2) is 24.3 Å². The highest BCUT2D eigenvalue weighted by Crippen LogP contribution is 2.26. The zero-order valence-corrected chi connectivity index (χ0v) is 13.8. The fourth-order valence-electron chi connectivity index (χ4n) is 3.71. The van der Waals surface area contributed by atoms with Gasteiger partial charge in [-0.15, -0.1) is 0 Å². The van der Waals surface area contributed by atoms with E-state index in [1.54, 1.807) is 0 Å². The molecule has 2 aliphatic heterocycles. The van der Waals surface area contributed by atoms with E-state index in [0.29, 0.717) is 23.2 Å². The van der Waals surface area contributed by atoms with E-state index in [-0.39, 0.29) is 11.9 Å². The number of fused-ring (bicyclic) bond motifs is 4. The molecule has 122 valence electrons. The lowest BCUT2D eigenvalue weighted by Crippen LogP contribution is -2.46. The van der Waals surface area contributed by atoms with Crippen LogP contribution in [0.2, 0.25) is 5.02 Å². The van der Waals surface area contributed by atoms with Gasteiger partial charge in [0.25, 0.3) is 5.91 Å². The topological polar surface area (TPSA) is 48.6 Å². The van der Waals surface area contributed by atoms with Gasteiger partial charge in [0, 0.05) is 41.5 Å². The molecular formula is C17H20ClN3O2. The van der Waals surface area contributed by atoms with Crippen LogP contribution in [0, 0.1) is 5.92 Å². The number of carbonyl (C=O) groups is 1. The largest absolute Gasteiger partial charge is 0.379 e. The number of rotatable bonds is 1. The van der Waals surface area contributed by atoms with Crippen molar-refractivity contribution in [2.24, 2.45) is 5.92 Å². The van der Waals surface area contributed by atoms with Gasteiger partial charge in [0.15, 0.2) is 0 Å². The molecule has 2 bridgehead atoms. The molecule has 0 saturated carbocycles. The normalized spacial score (nSPS) is 25.6. The quantitative estimate of drug-likeness (QED) is 0.870. The number of likely N-dealkylation sites (N-methyl/N-ethyl adjacent to an activating group) is 1. The van der Waals surface area contributed by atoms with E-state index in [4.69, 9.17) is 16.3 Å². The van der Waals surface area contributed by atoms with Crippen LogP contribution in [0.1, 0.15) is 10.5 Å². The lowest BCUT2D eigenvalue weighted by molar-refractivity contribution is 0.0481. The van der Waals surface area contributed by atoms with E-state index in [1.807, 2.05) is 29.2 Å². The van der Waals surface area contributed by atoms with E-state index in [1.165, 1.54) is 0 Å². The molecule has 4 rings (SSSR count). The van der Waals surface area contributed by atoms with Crippen molar-refractivity contribution in [3.63, 3.8) is 0 Å². The van der Waals surface area contributed by atoms with Crippen LogP contribution < -0.4 is 0 Å². The van der Waals surface area contributed by atoms with Crippen LogP contribution in [0.3, 0.4) is 0 Å². The average Bonchev–Trinajstić information content (AvgIpc) is 2.77. The molecule has 1 aromatic heterocycles. The third kappa shape index (κ3) is 2.73. The number of halogens is 1. The molecule has 23 heavy (non-hydrogen) atoms. The van der Waals surface area contributed by atoms with E-state index in [2.05, 4.69) is 16.9 Å². The Morgan fingerprint density at radius 3 is 3.00 bits per heavy atom. The molecule has 6 heteroatoms. The maximum Gasteiger partial charge on any atom is 0.270 e. The van der Waals surface area contributed by atoms with E-state index >= 15 is 0 Å². The third-order valence-electron chi connectivity index (χ3n) is 4.75. The van der Waals surface area contributed by atoms with E-state index in [9.17, 15) is 4.79 Å². The summed E-state index contributed by atoms with van der Waals surface area (Å²) in [5.74, 6) is 0.400. The summed E-state index contributed by atoms with van der Waals surface area (Å²) in [5.41, 5.74) is 1.50. The van der Waals surface area contributed by atoms with Gasteiger partial charge in [0.2, 0.25) is 0 Å². The van der Waals surface area contributed by atoms with E-state index < -0.39 is 0 Å². The molecule has 0 aliphatic carbocycles. The van der Waals surface area contributed by atoms with Gasteiger partial charge >= 0.3 is 0 Å². The summed E-state index contributed by atoms with van der Waals surface area (Å²) in [6.07, 6.45) is 0. The Hall–Kier alpha value is -1.56. The highest BCUT2D eigenvalue weighted by Gasteiger charge is 2.35. The van der Waals surface area contributed by atoms with Crippen molar-refractivity contribution in [3.05, 3.63) is 35.0 Å². The van der Waals surface area contributed by atoms with Crippen molar-refractivity contribution in [3.8, 4) is 0 Å². The number of ether oxygens (including phenoxy) is 1. The molecule has 2 fully saturated rings. The number of amides is 1. The number of H-pyrrole nitrogens is 1. The van der Waals surface area contributed by atoms with Crippen LogP contribution in [-0.2, 0) is 4.74 Å². The number of carbonyl (C=O) groups excluding carboxylic acids is 1. The summed E-state index contributed by atoms with van der Waals surface area (Å²) in [5, 5.41) is 1.55. The minimum atomic E-state index is 0.0352. The number of aromatic nitrogens is 1. The highest BCUT2D eigenvalue weighted by molar-refractivity contribution is 6.35. The van der Waals surface area contributed by atoms with Gasteiger partial charge < -0.3 is 19.5 Å². The number of hydrogen-bond donors (Lipinski definition) is 1. The third-order valence-corrected chi connectivity index (χ3v) is 5.08. The lowest BCUT2D eigenvalue weighted by Gasteiger charge is -2.29. The summed E-state index contributed by atoms with van der Waals surface area (Å²) >= 11 is 6.22. The number of nitrogens with one attached hydrogen (secondary N) is 1. The molecule has 0 radical (unpaired) electrons. The second kappa shape index (κ2) is 5.82. The van der Waals surface area contributed by atoms with Gasteiger partial charge in [-0.1, -0.05) is 17.7 Å². The number of benzene rings is 1. The van der Waals surface area contributed by atoms with Crippen LogP contribution >= 0.6 is 11.6 Å². The monoisotopic (exact) mass is 333 g/mol. The second-order valence-electron chi connectivity index (χ2n) is 6.62. The molecule has 0 unspecified atom stereocenters.